The average molecular weight is 272 g/mol. The van der Waals surface area contributed by atoms with Gasteiger partial charge in [-0.3, -0.25) is 15.1 Å². The number of esters is 1. The van der Waals surface area contributed by atoms with Gasteiger partial charge in [0.1, 0.15) is 5.56 Å². The Hall–Kier alpha value is -2.76. The predicted octanol–water partition coefficient (Wildman–Crippen LogP) is 2.83. The van der Waals surface area contributed by atoms with Gasteiger partial charge < -0.3 is 4.74 Å². The van der Waals surface area contributed by atoms with Gasteiger partial charge in [0.15, 0.2) is 0 Å². The van der Waals surface area contributed by atoms with Crippen LogP contribution in [0.3, 0.4) is 0 Å². The topological polar surface area (TPSA) is 82.3 Å². The van der Waals surface area contributed by atoms with E-state index < -0.39 is 10.9 Å². The minimum absolute atomic E-state index is 0.0572. The van der Waals surface area contributed by atoms with Crippen molar-refractivity contribution in [2.45, 2.75) is 6.92 Å². The molecule has 0 unspecified atom stereocenters. The van der Waals surface area contributed by atoms with Crippen molar-refractivity contribution in [3.8, 4) is 11.1 Å². The summed E-state index contributed by atoms with van der Waals surface area (Å²) < 4.78 is 4.85. The number of pyridine rings is 1. The molecule has 0 bridgehead atoms. The molecule has 2 rings (SSSR count). The van der Waals surface area contributed by atoms with Gasteiger partial charge in [0, 0.05) is 24.0 Å². The molecule has 1 aromatic heterocycles. The molecule has 2 aromatic rings. The highest BCUT2D eigenvalue weighted by Crippen LogP contribution is 2.26. The Labute approximate surface area is 115 Å². The van der Waals surface area contributed by atoms with Crippen molar-refractivity contribution in [1.29, 1.82) is 0 Å². The summed E-state index contributed by atoms with van der Waals surface area (Å²) in [4.78, 5) is 26.2. The van der Waals surface area contributed by atoms with E-state index in [0.29, 0.717) is 5.56 Å². The SMILES string of the molecule is CCOC(=O)c1cc(-c2cccnc2)ccc1[N+](=O)[O-]. The molecule has 0 amide bonds. The lowest BCUT2D eigenvalue weighted by molar-refractivity contribution is -0.385. The molecule has 0 aliphatic heterocycles. The fraction of sp³-hybridized carbons (Fsp3) is 0.143. The van der Waals surface area contributed by atoms with E-state index >= 15 is 0 Å². The van der Waals surface area contributed by atoms with Crippen LogP contribution >= 0.6 is 0 Å². The van der Waals surface area contributed by atoms with Crippen LogP contribution in [0.2, 0.25) is 0 Å². The van der Waals surface area contributed by atoms with E-state index in [2.05, 4.69) is 4.98 Å². The van der Waals surface area contributed by atoms with Crippen molar-refractivity contribution in [1.82, 2.24) is 4.98 Å². The highest BCUT2D eigenvalue weighted by molar-refractivity contribution is 5.95. The molecular formula is C14H12N2O4. The molecule has 1 heterocycles. The van der Waals surface area contributed by atoms with Gasteiger partial charge in [0.2, 0.25) is 0 Å². The summed E-state index contributed by atoms with van der Waals surface area (Å²) in [5, 5.41) is 11.0. The summed E-state index contributed by atoms with van der Waals surface area (Å²) in [5.41, 5.74) is 1.12. The fourth-order valence-corrected chi connectivity index (χ4v) is 1.78. The highest BCUT2D eigenvalue weighted by Gasteiger charge is 2.21. The Kier molecular flexibility index (Phi) is 4.05. The first-order valence-corrected chi connectivity index (χ1v) is 5.99. The first-order chi connectivity index (χ1) is 9.63. The molecule has 0 N–H and O–H groups in total. The molecule has 0 radical (unpaired) electrons. The zero-order chi connectivity index (χ0) is 14.5. The van der Waals surface area contributed by atoms with Crippen LogP contribution in [-0.2, 0) is 4.74 Å². The normalized spacial score (nSPS) is 10.1. The number of aromatic nitrogens is 1. The van der Waals surface area contributed by atoms with E-state index in [1.54, 1.807) is 31.5 Å². The lowest BCUT2D eigenvalue weighted by atomic mass is 10.0. The zero-order valence-corrected chi connectivity index (χ0v) is 10.8. The molecule has 0 saturated heterocycles. The van der Waals surface area contributed by atoms with Crippen molar-refractivity contribution in [3.63, 3.8) is 0 Å². The molecule has 6 nitrogen and oxygen atoms in total. The lowest BCUT2D eigenvalue weighted by Gasteiger charge is -2.06. The van der Waals surface area contributed by atoms with E-state index in [1.165, 1.54) is 12.1 Å². The molecule has 0 fully saturated rings. The van der Waals surface area contributed by atoms with E-state index in [0.717, 1.165) is 5.56 Å². The Morgan fingerprint density at radius 2 is 2.15 bits per heavy atom. The van der Waals surface area contributed by atoms with E-state index in [1.807, 2.05) is 6.07 Å². The standard InChI is InChI=1S/C14H12N2O4/c1-2-20-14(17)12-8-10(5-6-13(12)16(18)19)11-4-3-7-15-9-11/h3-9H,2H2,1H3. The van der Waals surface area contributed by atoms with Crippen LogP contribution in [0.1, 0.15) is 17.3 Å². The molecule has 20 heavy (non-hydrogen) atoms. The summed E-state index contributed by atoms with van der Waals surface area (Å²) >= 11 is 0. The minimum atomic E-state index is -0.704. The van der Waals surface area contributed by atoms with E-state index in [4.69, 9.17) is 4.74 Å². The highest BCUT2D eigenvalue weighted by atomic mass is 16.6. The van der Waals surface area contributed by atoms with Crippen molar-refractivity contribution in [3.05, 3.63) is 58.4 Å². The number of carbonyl (C=O) groups excluding carboxylic acids is 1. The van der Waals surface area contributed by atoms with Crippen LogP contribution in [0.25, 0.3) is 11.1 Å². The Bertz CT molecular complexity index is 641. The Morgan fingerprint density at radius 3 is 2.75 bits per heavy atom. The number of nitro groups is 1. The summed E-state index contributed by atoms with van der Waals surface area (Å²) in [6.45, 7) is 1.81. The molecular weight excluding hydrogens is 260 g/mol. The smallest absolute Gasteiger partial charge is 0.345 e. The van der Waals surface area contributed by atoms with Gasteiger partial charge in [-0.1, -0.05) is 6.07 Å². The van der Waals surface area contributed by atoms with Crippen LogP contribution in [0.4, 0.5) is 5.69 Å². The Morgan fingerprint density at radius 1 is 1.35 bits per heavy atom. The first kappa shape index (κ1) is 13.7. The molecule has 102 valence electrons. The molecule has 0 atom stereocenters. The quantitative estimate of drug-likeness (QED) is 0.485. The van der Waals surface area contributed by atoms with Crippen molar-refractivity contribution in [2.24, 2.45) is 0 Å². The van der Waals surface area contributed by atoms with Gasteiger partial charge in [0.05, 0.1) is 11.5 Å². The second-order valence-electron chi connectivity index (χ2n) is 3.95. The van der Waals surface area contributed by atoms with Crippen molar-refractivity contribution >= 4 is 11.7 Å². The zero-order valence-electron chi connectivity index (χ0n) is 10.8. The number of benzene rings is 1. The van der Waals surface area contributed by atoms with Crippen LogP contribution in [0.15, 0.2) is 42.7 Å². The van der Waals surface area contributed by atoms with E-state index in [9.17, 15) is 14.9 Å². The number of rotatable bonds is 4. The maximum Gasteiger partial charge on any atom is 0.345 e. The van der Waals surface area contributed by atoms with Crippen molar-refractivity contribution in [2.75, 3.05) is 6.61 Å². The second kappa shape index (κ2) is 5.92. The fourth-order valence-electron chi connectivity index (χ4n) is 1.78. The monoisotopic (exact) mass is 272 g/mol. The summed E-state index contributed by atoms with van der Waals surface area (Å²) in [6, 6.07) is 7.89. The number of hydrogen-bond acceptors (Lipinski definition) is 5. The van der Waals surface area contributed by atoms with Crippen molar-refractivity contribution < 1.29 is 14.5 Å². The number of nitrogens with zero attached hydrogens (tertiary/aromatic N) is 2. The van der Waals surface area contributed by atoms with Gasteiger partial charge in [-0.05, 0) is 30.7 Å². The number of hydrogen-bond donors (Lipinski definition) is 0. The third-order valence-corrected chi connectivity index (χ3v) is 2.68. The molecule has 0 saturated carbocycles. The first-order valence-electron chi connectivity index (χ1n) is 5.99. The average Bonchev–Trinajstić information content (AvgIpc) is 2.47. The minimum Gasteiger partial charge on any atom is -0.462 e. The maximum absolute atomic E-state index is 11.8. The number of nitro benzene ring substituents is 1. The second-order valence-corrected chi connectivity index (χ2v) is 3.95. The maximum atomic E-state index is 11.8. The molecule has 6 heteroatoms. The van der Waals surface area contributed by atoms with Crippen LogP contribution < -0.4 is 0 Å². The predicted molar refractivity (Wildman–Crippen MR) is 72.3 cm³/mol. The third kappa shape index (κ3) is 2.80. The molecule has 0 aliphatic rings. The largest absolute Gasteiger partial charge is 0.462 e. The lowest BCUT2D eigenvalue weighted by Crippen LogP contribution is -2.08. The summed E-state index contributed by atoms with van der Waals surface area (Å²) in [6.07, 6.45) is 3.25. The van der Waals surface area contributed by atoms with Gasteiger partial charge in [0.25, 0.3) is 5.69 Å². The number of carbonyl (C=O) groups is 1. The van der Waals surface area contributed by atoms with Gasteiger partial charge in [-0.25, -0.2) is 4.79 Å². The summed E-state index contributed by atoms with van der Waals surface area (Å²) in [7, 11) is 0. The van der Waals surface area contributed by atoms with Gasteiger partial charge in [-0.15, -0.1) is 0 Å². The third-order valence-electron chi connectivity index (χ3n) is 2.68. The van der Waals surface area contributed by atoms with E-state index in [-0.39, 0.29) is 17.9 Å². The van der Waals surface area contributed by atoms with Crippen LogP contribution in [-0.4, -0.2) is 22.5 Å². The van der Waals surface area contributed by atoms with Crippen LogP contribution in [0, 0.1) is 10.1 Å². The molecule has 0 aliphatic carbocycles. The molecule has 0 spiro atoms. The summed E-state index contributed by atoms with van der Waals surface area (Å²) in [5.74, 6) is -0.704. The Balaban J connectivity index is 2.51. The number of ether oxygens (including phenoxy) is 1. The van der Waals surface area contributed by atoms with Crippen LogP contribution in [0.5, 0.6) is 0 Å². The van der Waals surface area contributed by atoms with Gasteiger partial charge in [-0.2, -0.15) is 0 Å². The van der Waals surface area contributed by atoms with Gasteiger partial charge >= 0.3 is 5.97 Å². The molecule has 1 aromatic carbocycles.